The van der Waals surface area contributed by atoms with Gasteiger partial charge in [-0.3, -0.25) is 9.78 Å². The van der Waals surface area contributed by atoms with Crippen molar-refractivity contribution in [2.45, 2.75) is 18.4 Å². The van der Waals surface area contributed by atoms with E-state index in [-0.39, 0.29) is 31.3 Å². The summed E-state index contributed by atoms with van der Waals surface area (Å²) >= 11 is 0. The normalized spacial score (nSPS) is 20.2. The molecule has 1 aromatic heterocycles. The number of rotatable bonds is 5. The van der Waals surface area contributed by atoms with Crippen molar-refractivity contribution in [2.75, 3.05) is 19.7 Å². The highest BCUT2D eigenvalue weighted by Crippen LogP contribution is 2.24. The fraction of sp³-hybridized carbons (Fsp3) is 0.333. The van der Waals surface area contributed by atoms with Crippen LogP contribution in [-0.2, 0) is 11.2 Å². The van der Waals surface area contributed by atoms with Gasteiger partial charge in [0.05, 0.1) is 13.0 Å². The Balaban J connectivity index is 1.54. The first-order valence-corrected chi connectivity index (χ1v) is 7.82. The van der Waals surface area contributed by atoms with Crippen LogP contribution in [0.5, 0.6) is 5.75 Å². The van der Waals surface area contributed by atoms with E-state index in [0.29, 0.717) is 18.7 Å². The molecule has 2 aromatic rings. The van der Waals surface area contributed by atoms with E-state index in [2.05, 4.69) is 4.98 Å². The van der Waals surface area contributed by atoms with Crippen LogP contribution < -0.4 is 4.74 Å². The topological polar surface area (TPSA) is 62.7 Å². The Labute approximate surface area is 139 Å². The average Bonchev–Trinajstić information content (AvgIpc) is 2.97. The van der Waals surface area contributed by atoms with Crippen molar-refractivity contribution in [1.82, 2.24) is 9.88 Å². The molecule has 126 valence electrons. The van der Waals surface area contributed by atoms with E-state index in [1.807, 2.05) is 0 Å². The molecule has 1 N–H and O–H groups in total. The standard InChI is InChI=1S/C18H19FN2O3/c19-15-2-1-3-16(11-15)24-13-18(23)6-9-21(12-18)17(22)10-14-4-7-20-8-5-14/h1-5,7-8,11,23H,6,9-10,12-13H2. The fourth-order valence-corrected chi connectivity index (χ4v) is 2.75. The number of nitrogens with zero attached hydrogens (tertiary/aromatic N) is 2. The van der Waals surface area contributed by atoms with E-state index >= 15 is 0 Å². The number of carbonyl (C=O) groups is 1. The Morgan fingerprint density at radius 3 is 2.88 bits per heavy atom. The Hall–Kier alpha value is -2.47. The molecule has 1 amide bonds. The van der Waals surface area contributed by atoms with Gasteiger partial charge < -0.3 is 14.7 Å². The second-order valence-electron chi connectivity index (χ2n) is 6.07. The highest BCUT2D eigenvalue weighted by molar-refractivity contribution is 5.79. The van der Waals surface area contributed by atoms with Gasteiger partial charge in [-0.15, -0.1) is 0 Å². The van der Waals surface area contributed by atoms with Crippen molar-refractivity contribution >= 4 is 5.91 Å². The molecule has 3 rings (SSSR count). The number of hydrogen-bond acceptors (Lipinski definition) is 4. The van der Waals surface area contributed by atoms with Gasteiger partial charge in [-0.05, 0) is 36.2 Å². The van der Waals surface area contributed by atoms with Gasteiger partial charge in [0.1, 0.15) is 23.8 Å². The molecular formula is C18H19FN2O3. The second kappa shape index (κ2) is 6.97. The van der Waals surface area contributed by atoms with Crippen LogP contribution in [0.15, 0.2) is 48.8 Å². The van der Waals surface area contributed by atoms with E-state index in [1.165, 1.54) is 12.1 Å². The van der Waals surface area contributed by atoms with E-state index in [4.69, 9.17) is 4.74 Å². The maximum absolute atomic E-state index is 13.1. The molecule has 0 aliphatic carbocycles. The highest BCUT2D eigenvalue weighted by atomic mass is 19.1. The van der Waals surface area contributed by atoms with Crippen molar-refractivity contribution < 1.29 is 19.0 Å². The van der Waals surface area contributed by atoms with Crippen LogP contribution in [0.1, 0.15) is 12.0 Å². The van der Waals surface area contributed by atoms with Gasteiger partial charge in [0.25, 0.3) is 0 Å². The number of amides is 1. The van der Waals surface area contributed by atoms with Gasteiger partial charge in [-0.1, -0.05) is 6.07 Å². The summed E-state index contributed by atoms with van der Waals surface area (Å²) in [4.78, 5) is 17.9. The molecule has 0 spiro atoms. The molecule has 1 saturated heterocycles. The molecule has 1 aliphatic heterocycles. The molecule has 1 aliphatic rings. The maximum Gasteiger partial charge on any atom is 0.227 e. The zero-order chi connectivity index (χ0) is 17.0. The molecule has 1 atom stereocenters. The molecule has 0 saturated carbocycles. The third-order valence-corrected chi connectivity index (χ3v) is 4.09. The summed E-state index contributed by atoms with van der Waals surface area (Å²) in [6, 6.07) is 9.38. The van der Waals surface area contributed by atoms with Gasteiger partial charge in [0, 0.05) is 25.0 Å². The Bertz CT molecular complexity index is 710. The van der Waals surface area contributed by atoms with E-state index < -0.39 is 5.60 Å². The third-order valence-electron chi connectivity index (χ3n) is 4.09. The summed E-state index contributed by atoms with van der Waals surface area (Å²) in [6.07, 6.45) is 4.01. The molecule has 2 heterocycles. The van der Waals surface area contributed by atoms with Gasteiger partial charge >= 0.3 is 0 Å². The summed E-state index contributed by atoms with van der Waals surface area (Å²) in [7, 11) is 0. The number of carbonyl (C=O) groups excluding carboxylic acids is 1. The number of benzene rings is 1. The van der Waals surface area contributed by atoms with Crippen LogP contribution in [0.3, 0.4) is 0 Å². The summed E-state index contributed by atoms with van der Waals surface area (Å²) in [5.74, 6) is -0.0621. The number of aromatic nitrogens is 1. The predicted molar refractivity (Wildman–Crippen MR) is 86.0 cm³/mol. The molecule has 1 fully saturated rings. The number of hydrogen-bond donors (Lipinski definition) is 1. The number of ether oxygens (including phenoxy) is 1. The number of β-amino-alcohol motifs (C(OH)–C–C–N with tert-alkyl or cyclic N) is 1. The quantitative estimate of drug-likeness (QED) is 0.908. The zero-order valence-electron chi connectivity index (χ0n) is 13.2. The molecule has 0 bridgehead atoms. The summed E-state index contributed by atoms with van der Waals surface area (Å²) in [5, 5.41) is 10.6. The van der Waals surface area contributed by atoms with Gasteiger partial charge in [0.2, 0.25) is 5.91 Å². The Kier molecular flexibility index (Phi) is 4.76. The maximum atomic E-state index is 13.1. The van der Waals surface area contributed by atoms with E-state index in [1.54, 1.807) is 41.6 Å². The number of pyridine rings is 1. The molecule has 6 heteroatoms. The number of likely N-dealkylation sites (tertiary alicyclic amines) is 1. The van der Waals surface area contributed by atoms with Crippen LogP contribution in [0.25, 0.3) is 0 Å². The first kappa shape index (κ1) is 16.4. The molecule has 24 heavy (non-hydrogen) atoms. The third kappa shape index (κ3) is 4.08. The summed E-state index contributed by atoms with van der Waals surface area (Å²) in [5.41, 5.74) is -0.221. The van der Waals surface area contributed by atoms with Crippen LogP contribution in [0.4, 0.5) is 4.39 Å². The lowest BCUT2D eigenvalue weighted by Crippen LogP contribution is -2.41. The molecule has 5 nitrogen and oxygen atoms in total. The Morgan fingerprint density at radius 1 is 1.33 bits per heavy atom. The monoisotopic (exact) mass is 330 g/mol. The average molecular weight is 330 g/mol. The van der Waals surface area contributed by atoms with Crippen molar-refractivity contribution in [3.8, 4) is 5.75 Å². The van der Waals surface area contributed by atoms with E-state index in [9.17, 15) is 14.3 Å². The van der Waals surface area contributed by atoms with Crippen molar-refractivity contribution in [3.63, 3.8) is 0 Å². The van der Waals surface area contributed by atoms with Gasteiger partial charge in [0.15, 0.2) is 0 Å². The lowest BCUT2D eigenvalue weighted by Gasteiger charge is -2.23. The smallest absolute Gasteiger partial charge is 0.227 e. The van der Waals surface area contributed by atoms with Crippen molar-refractivity contribution in [1.29, 1.82) is 0 Å². The highest BCUT2D eigenvalue weighted by Gasteiger charge is 2.38. The minimum absolute atomic E-state index is 0.0233. The summed E-state index contributed by atoms with van der Waals surface area (Å²) in [6.45, 7) is 0.717. The van der Waals surface area contributed by atoms with Crippen LogP contribution in [-0.4, -0.2) is 46.2 Å². The predicted octanol–water partition coefficient (Wildman–Crippen LogP) is 1.81. The first-order valence-electron chi connectivity index (χ1n) is 7.82. The molecular weight excluding hydrogens is 311 g/mol. The minimum atomic E-state index is -1.11. The van der Waals surface area contributed by atoms with Crippen LogP contribution >= 0.6 is 0 Å². The Morgan fingerprint density at radius 2 is 2.12 bits per heavy atom. The molecule has 1 aromatic carbocycles. The van der Waals surface area contributed by atoms with Crippen molar-refractivity contribution in [2.24, 2.45) is 0 Å². The minimum Gasteiger partial charge on any atom is -0.490 e. The largest absolute Gasteiger partial charge is 0.490 e. The van der Waals surface area contributed by atoms with Gasteiger partial charge in [-0.2, -0.15) is 0 Å². The first-order chi connectivity index (χ1) is 11.5. The van der Waals surface area contributed by atoms with Gasteiger partial charge in [-0.25, -0.2) is 4.39 Å². The SMILES string of the molecule is O=C(Cc1ccncc1)N1CCC(O)(COc2cccc(F)c2)C1. The summed E-state index contributed by atoms with van der Waals surface area (Å²) < 4.78 is 18.6. The van der Waals surface area contributed by atoms with Crippen LogP contribution in [0.2, 0.25) is 0 Å². The van der Waals surface area contributed by atoms with Crippen molar-refractivity contribution in [3.05, 3.63) is 60.2 Å². The number of halogens is 1. The number of aliphatic hydroxyl groups is 1. The lowest BCUT2D eigenvalue weighted by atomic mass is 10.1. The van der Waals surface area contributed by atoms with E-state index in [0.717, 1.165) is 5.56 Å². The fourth-order valence-electron chi connectivity index (χ4n) is 2.75. The molecule has 1 unspecified atom stereocenters. The zero-order valence-corrected chi connectivity index (χ0v) is 13.2. The second-order valence-corrected chi connectivity index (χ2v) is 6.07. The molecule has 0 radical (unpaired) electrons. The lowest BCUT2D eigenvalue weighted by molar-refractivity contribution is -0.130. The van der Waals surface area contributed by atoms with Crippen LogP contribution in [0, 0.1) is 5.82 Å².